The van der Waals surface area contributed by atoms with Crippen molar-refractivity contribution in [1.82, 2.24) is 0 Å². The SMILES string of the molecule is Cc1cc(O)c(B2OC(C)(C)C(C)(C)O2)c(F)c1. The third-order valence-corrected chi connectivity index (χ3v) is 3.74. The Bertz CT molecular complexity index is 446. The summed E-state index contributed by atoms with van der Waals surface area (Å²) < 4.78 is 25.4. The maximum Gasteiger partial charge on any atom is 0.501 e. The predicted molar refractivity (Wildman–Crippen MR) is 68.5 cm³/mol. The zero-order valence-electron chi connectivity index (χ0n) is 11.4. The maximum atomic E-state index is 13.9. The highest BCUT2D eigenvalue weighted by atomic mass is 19.1. The normalized spacial score (nSPS) is 21.3. The van der Waals surface area contributed by atoms with Crippen molar-refractivity contribution < 1.29 is 18.8 Å². The van der Waals surface area contributed by atoms with Crippen LogP contribution in [0.1, 0.15) is 33.3 Å². The van der Waals surface area contributed by atoms with E-state index in [9.17, 15) is 9.50 Å². The monoisotopic (exact) mass is 252 g/mol. The van der Waals surface area contributed by atoms with Crippen LogP contribution in [0.4, 0.5) is 4.39 Å². The van der Waals surface area contributed by atoms with Gasteiger partial charge in [0.05, 0.1) is 16.7 Å². The summed E-state index contributed by atoms with van der Waals surface area (Å²) in [6.45, 7) is 9.26. The first-order valence-electron chi connectivity index (χ1n) is 5.99. The molecule has 1 aromatic rings. The molecule has 3 nitrogen and oxygen atoms in total. The molecule has 0 bridgehead atoms. The molecule has 0 amide bonds. The molecule has 0 aromatic heterocycles. The number of phenolic OH excluding ortho intramolecular Hbond substituents is 1. The largest absolute Gasteiger partial charge is 0.508 e. The first-order valence-corrected chi connectivity index (χ1v) is 5.99. The van der Waals surface area contributed by atoms with Gasteiger partial charge in [0.1, 0.15) is 11.6 Å². The smallest absolute Gasteiger partial charge is 0.501 e. The number of aryl methyl sites for hydroxylation is 1. The molecule has 98 valence electrons. The fraction of sp³-hybridized carbons (Fsp3) is 0.538. The Morgan fingerprint density at radius 3 is 2.06 bits per heavy atom. The fourth-order valence-electron chi connectivity index (χ4n) is 1.93. The van der Waals surface area contributed by atoms with Gasteiger partial charge >= 0.3 is 7.12 Å². The number of benzene rings is 1. The number of phenols is 1. The summed E-state index contributed by atoms with van der Waals surface area (Å²) in [5, 5.41) is 9.87. The second kappa shape index (κ2) is 3.97. The van der Waals surface area contributed by atoms with E-state index in [1.807, 2.05) is 27.7 Å². The summed E-state index contributed by atoms with van der Waals surface area (Å²) >= 11 is 0. The van der Waals surface area contributed by atoms with Gasteiger partial charge in [-0.2, -0.15) is 0 Å². The first kappa shape index (κ1) is 13.4. The van der Waals surface area contributed by atoms with E-state index in [1.54, 1.807) is 6.92 Å². The molecule has 0 unspecified atom stereocenters. The van der Waals surface area contributed by atoms with Crippen LogP contribution in [0.25, 0.3) is 0 Å². The summed E-state index contributed by atoms with van der Waals surface area (Å²) in [4.78, 5) is 0. The molecule has 1 aliphatic rings. The molecule has 0 saturated carbocycles. The molecule has 1 aliphatic heterocycles. The zero-order chi connectivity index (χ0) is 13.7. The van der Waals surface area contributed by atoms with Crippen molar-refractivity contribution in [2.75, 3.05) is 0 Å². The Morgan fingerprint density at radius 2 is 1.61 bits per heavy atom. The van der Waals surface area contributed by atoms with Crippen molar-refractivity contribution in [3.8, 4) is 5.75 Å². The highest BCUT2D eigenvalue weighted by Gasteiger charge is 2.53. The summed E-state index contributed by atoms with van der Waals surface area (Å²) in [7, 11) is -0.879. The minimum Gasteiger partial charge on any atom is -0.508 e. The van der Waals surface area contributed by atoms with E-state index < -0.39 is 24.1 Å². The Hall–Kier alpha value is -1.07. The quantitative estimate of drug-likeness (QED) is 0.778. The summed E-state index contributed by atoms with van der Waals surface area (Å²) in [6, 6.07) is 2.86. The molecule has 1 fully saturated rings. The van der Waals surface area contributed by atoms with Gasteiger partial charge in [-0.1, -0.05) is 0 Å². The lowest BCUT2D eigenvalue weighted by Crippen LogP contribution is -2.41. The number of hydrogen-bond donors (Lipinski definition) is 1. The van der Waals surface area contributed by atoms with Gasteiger partial charge < -0.3 is 14.4 Å². The minimum absolute atomic E-state index is 0.0688. The van der Waals surface area contributed by atoms with Crippen LogP contribution in [0, 0.1) is 12.7 Å². The van der Waals surface area contributed by atoms with Crippen LogP contribution in [0.2, 0.25) is 0 Å². The van der Waals surface area contributed by atoms with Gasteiger partial charge in [0.15, 0.2) is 0 Å². The lowest BCUT2D eigenvalue weighted by atomic mass is 9.77. The van der Waals surface area contributed by atoms with Crippen LogP contribution < -0.4 is 5.46 Å². The van der Waals surface area contributed by atoms with E-state index in [4.69, 9.17) is 9.31 Å². The van der Waals surface area contributed by atoms with E-state index in [0.717, 1.165) is 0 Å². The van der Waals surface area contributed by atoms with Crippen molar-refractivity contribution in [3.63, 3.8) is 0 Å². The number of halogens is 1. The van der Waals surface area contributed by atoms with Gasteiger partial charge in [0.25, 0.3) is 0 Å². The lowest BCUT2D eigenvalue weighted by molar-refractivity contribution is 0.00578. The maximum absolute atomic E-state index is 13.9. The average molecular weight is 252 g/mol. The van der Waals surface area contributed by atoms with Gasteiger partial charge in [-0.25, -0.2) is 4.39 Å². The Balaban J connectivity index is 2.42. The van der Waals surface area contributed by atoms with Crippen LogP contribution in [-0.2, 0) is 9.31 Å². The van der Waals surface area contributed by atoms with E-state index in [0.29, 0.717) is 5.56 Å². The Labute approximate surface area is 107 Å². The third kappa shape index (κ3) is 2.02. The minimum atomic E-state index is -0.879. The van der Waals surface area contributed by atoms with Gasteiger partial charge in [0.2, 0.25) is 0 Å². The van der Waals surface area contributed by atoms with Gasteiger partial charge in [-0.15, -0.1) is 0 Å². The van der Waals surface area contributed by atoms with Crippen LogP contribution in [0.3, 0.4) is 0 Å². The van der Waals surface area contributed by atoms with Crippen molar-refractivity contribution in [2.45, 2.75) is 45.8 Å². The molecule has 2 rings (SSSR count). The topological polar surface area (TPSA) is 38.7 Å². The van der Waals surface area contributed by atoms with E-state index in [1.165, 1.54) is 12.1 Å². The molecular formula is C13H18BFO3. The average Bonchev–Trinajstić information content (AvgIpc) is 2.32. The number of rotatable bonds is 1. The van der Waals surface area contributed by atoms with Crippen molar-refractivity contribution in [2.24, 2.45) is 0 Å². The summed E-state index contributed by atoms with van der Waals surface area (Å²) in [5.74, 6) is -0.642. The van der Waals surface area contributed by atoms with Crippen LogP contribution >= 0.6 is 0 Å². The fourth-order valence-corrected chi connectivity index (χ4v) is 1.93. The molecule has 5 heteroatoms. The van der Waals surface area contributed by atoms with Crippen LogP contribution in [0.15, 0.2) is 12.1 Å². The molecule has 1 aromatic carbocycles. The van der Waals surface area contributed by atoms with Crippen molar-refractivity contribution in [1.29, 1.82) is 0 Å². The molecule has 1 heterocycles. The Morgan fingerprint density at radius 1 is 1.11 bits per heavy atom. The van der Waals surface area contributed by atoms with Crippen LogP contribution in [0.5, 0.6) is 5.75 Å². The molecule has 1 N–H and O–H groups in total. The second-order valence-electron chi connectivity index (χ2n) is 5.77. The van der Waals surface area contributed by atoms with Crippen molar-refractivity contribution in [3.05, 3.63) is 23.5 Å². The molecule has 0 aliphatic carbocycles. The molecule has 0 atom stereocenters. The molecule has 0 spiro atoms. The summed E-state index contributed by atoms with van der Waals surface area (Å²) in [6.07, 6.45) is 0. The Kier molecular flexibility index (Phi) is 2.95. The molecule has 1 saturated heterocycles. The van der Waals surface area contributed by atoms with Crippen molar-refractivity contribution >= 4 is 12.6 Å². The molecule has 0 radical (unpaired) electrons. The van der Waals surface area contributed by atoms with Gasteiger partial charge in [0, 0.05) is 0 Å². The van der Waals surface area contributed by atoms with E-state index in [-0.39, 0.29) is 11.2 Å². The summed E-state index contributed by atoms with van der Waals surface area (Å²) in [5.41, 5.74) is -0.382. The second-order valence-corrected chi connectivity index (χ2v) is 5.77. The highest BCUT2D eigenvalue weighted by Crippen LogP contribution is 2.37. The third-order valence-electron chi connectivity index (χ3n) is 3.74. The van der Waals surface area contributed by atoms with Gasteiger partial charge in [-0.3, -0.25) is 0 Å². The lowest BCUT2D eigenvalue weighted by Gasteiger charge is -2.32. The molecule has 18 heavy (non-hydrogen) atoms. The number of hydrogen-bond acceptors (Lipinski definition) is 3. The van der Waals surface area contributed by atoms with Crippen LogP contribution in [-0.4, -0.2) is 23.4 Å². The number of aromatic hydroxyl groups is 1. The van der Waals surface area contributed by atoms with Gasteiger partial charge in [-0.05, 0) is 52.3 Å². The first-order chi connectivity index (χ1) is 8.14. The van der Waals surface area contributed by atoms with E-state index in [2.05, 4.69) is 0 Å². The highest BCUT2D eigenvalue weighted by molar-refractivity contribution is 6.63. The van der Waals surface area contributed by atoms with E-state index >= 15 is 0 Å². The molecular weight excluding hydrogens is 234 g/mol. The predicted octanol–water partition coefficient (Wildman–Crippen LogP) is 2.14. The zero-order valence-corrected chi connectivity index (χ0v) is 11.4. The standard InChI is InChI=1S/C13H18BFO3/c1-8-6-9(15)11(10(16)7-8)14-17-12(2,3)13(4,5)18-14/h6-7,16H,1-5H3.